The number of fused-ring (bicyclic) bond motifs is 1. The minimum absolute atomic E-state index is 0.0509. The van der Waals surface area contributed by atoms with Crippen LogP contribution in [0, 0.1) is 6.92 Å². The van der Waals surface area contributed by atoms with Crippen molar-refractivity contribution in [3.8, 4) is 17.0 Å². The molecule has 1 atom stereocenters. The van der Waals surface area contributed by atoms with E-state index in [1.54, 1.807) is 44.6 Å². The Morgan fingerprint density at radius 3 is 2.72 bits per heavy atom. The standard InChI is InChI=1S/C26H26F2N6O2/c1-15(18-5-4-6-19-20(26(35)29-3)7-8-30-25(18)19)11-32-24-10-21(33-14-34-24)17-9-22(16(2)31-12-17)36-13-23(27)28/h4-10,12,14-15,23H,11,13H2,1-3H3,(H,29,35)(H,32,33,34). The maximum Gasteiger partial charge on any atom is 0.272 e. The first-order valence-corrected chi connectivity index (χ1v) is 11.4. The number of aryl methyl sites for hydroxylation is 1. The number of aromatic nitrogens is 4. The van der Waals surface area contributed by atoms with Crippen LogP contribution >= 0.6 is 0 Å². The van der Waals surface area contributed by atoms with Gasteiger partial charge in [0.05, 0.1) is 22.5 Å². The zero-order chi connectivity index (χ0) is 25.7. The largest absolute Gasteiger partial charge is 0.486 e. The van der Waals surface area contributed by atoms with Gasteiger partial charge in [-0.1, -0.05) is 25.1 Å². The molecule has 0 saturated heterocycles. The van der Waals surface area contributed by atoms with Crippen molar-refractivity contribution in [1.82, 2.24) is 25.3 Å². The van der Waals surface area contributed by atoms with Gasteiger partial charge in [0, 0.05) is 48.9 Å². The smallest absolute Gasteiger partial charge is 0.272 e. The van der Waals surface area contributed by atoms with E-state index in [-0.39, 0.29) is 17.6 Å². The van der Waals surface area contributed by atoms with Crippen molar-refractivity contribution in [3.63, 3.8) is 0 Å². The van der Waals surface area contributed by atoms with E-state index in [0.29, 0.717) is 34.9 Å². The van der Waals surface area contributed by atoms with Crippen LogP contribution in [0.25, 0.3) is 22.2 Å². The molecule has 0 aliphatic heterocycles. The normalized spacial score (nSPS) is 11.9. The Morgan fingerprint density at radius 2 is 1.94 bits per heavy atom. The summed E-state index contributed by atoms with van der Waals surface area (Å²) in [5.41, 5.74) is 4.08. The van der Waals surface area contributed by atoms with Gasteiger partial charge in [-0.25, -0.2) is 18.7 Å². The molecule has 1 amide bonds. The van der Waals surface area contributed by atoms with Crippen LogP contribution in [-0.2, 0) is 0 Å². The summed E-state index contributed by atoms with van der Waals surface area (Å²) in [6.07, 6.45) is 2.11. The van der Waals surface area contributed by atoms with Crippen LogP contribution in [0.3, 0.4) is 0 Å². The molecule has 36 heavy (non-hydrogen) atoms. The van der Waals surface area contributed by atoms with Crippen LogP contribution in [0.4, 0.5) is 14.6 Å². The van der Waals surface area contributed by atoms with E-state index >= 15 is 0 Å². The van der Waals surface area contributed by atoms with Crippen LogP contribution < -0.4 is 15.4 Å². The van der Waals surface area contributed by atoms with Crippen molar-refractivity contribution in [1.29, 1.82) is 0 Å². The van der Waals surface area contributed by atoms with E-state index in [9.17, 15) is 13.6 Å². The van der Waals surface area contributed by atoms with Crippen molar-refractivity contribution in [3.05, 3.63) is 71.9 Å². The van der Waals surface area contributed by atoms with Crippen LogP contribution in [0.5, 0.6) is 5.75 Å². The Labute approximate surface area is 207 Å². The molecule has 186 valence electrons. The SMILES string of the molecule is CNC(=O)c1ccnc2c(C(C)CNc3cc(-c4cnc(C)c(OCC(F)F)c4)ncn3)cccc12. The maximum absolute atomic E-state index is 12.6. The Hall–Kier alpha value is -4.21. The molecular formula is C26H26F2N6O2. The Bertz CT molecular complexity index is 1380. The summed E-state index contributed by atoms with van der Waals surface area (Å²) in [6, 6.07) is 10.9. The van der Waals surface area contributed by atoms with E-state index in [4.69, 9.17) is 4.74 Å². The first kappa shape index (κ1) is 24.9. The number of hydrogen-bond donors (Lipinski definition) is 2. The molecule has 2 N–H and O–H groups in total. The number of pyridine rings is 2. The molecule has 1 unspecified atom stereocenters. The average molecular weight is 493 g/mol. The second kappa shape index (κ2) is 11.0. The van der Waals surface area contributed by atoms with Gasteiger partial charge in [-0.3, -0.25) is 14.8 Å². The van der Waals surface area contributed by atoms with Crippen molar-refractivity contribution in [2.75, 3.05) is 25.5 Å². The number of rotatable bonds is 9. The van der Waals surface area contributed by atoms with Gasteiger partial charge in [-0.2, -0.15) is 0 Å². The number of hydrogen-bond acceptors (Lipinski definition) is 7. The molecule has 0 spiro atoms. The van der Waals surface area contributed by atoms with Crippen LogP contribution in [0.15, 0.2) is 55.1 Å². The molecular weight excluding hydrogens is 466 g/mol. The summed E-state index contributed by atoms with van der Waals surface area (Å²) in [5.74, 6) is 0.776. The maximum atomic E-state index is 12.6. The van der Waals surface area contributed by atoms with E-state index in [2.05, 4.69) is 37.5 Å². The van der Waals surface area contributed by atoms with Gasteiger partial charge >= 0.3 is 0 Å². The fourth-order valence-corrected chi connectivity index (χ4v) is 3.86. The highest BCUT2D eigenvalue weighted by atomic mass is 19.3. The summed E-state index contributed by atoms with van der Waals surface area (Å²) >= 11 is 0. The lowest BCUT2D eigenvalue weighted by atomic mass is 9.96. The fraction of sp³-hybridized carbons (Fsp3) is 0.269. The highest BCUT2D eigenvalue weighted by molar-refractivity contribution is 6.06. The van der Waals surface area contributed by atoms with Gasteiger partial charge in [0.25, 0.3) is 12.3 Å². The number of carbonyl (C=O) groups is 1. The Morgan fingerprint density at radius 1 is 1.11 bits per heavy atom. The van der Waals surface area contributed by atoms with E-state index < -0.39 is 13.0 Å². The zero-order valence-electron chi connectivity index (χ0n) is 20.1. The molecule has 0 saturated carbocycles. The Balaban J connectivity index is 1.52. The number of para-hydroxylation sites is 1. The molecule has 0 fully saturated rings. The third kappa shape index (κ3) is 5.54. The van der Waals surface area contributed by atoms with E-state index in [1.807, 2.05) is 18.2 Å². The number of halogens is 2. The fourth-order valence-electron chi connectivity index (χ4n) is 3.86. The topological polar surface area (TPSA) is 102 Å². The molecule has 0 aliphatic carbocycles. The minimum atomic E-state index is -2.57. The van der Waals surface area contributed by atoms with Gasteiger partial charge in [-0.15, -0.1) is 0 Å². The van der Waals surface area contributed by atoms with Crippen molar-refractivity contribution >= 4 is 22.6 Å². The zero-order valence-corrected chi connectivity index (χ0v) is 20.1. The molecule has 10 heteroatoms. The molecule has 1 aromatic carbocycles. The quantitative estimate of drug-likeness (QED) is 0.352. The number of alkyl halides is 2. The highest BCUT2D eigenvalue weighted by Gasteiger charge is 2.16. The third-order valence-electron chi connectivity index (χ3n) is 5.76. The number of amides is 1. The van der Waals surface area contributed by atoms with Gasteiger partial charge in [0.1, 0.15) is 24.5 Å². The summed E-state index contributed by atoms with van der Waals surface area (Å²) in [5, 5.41) is 6.78. The number of anilines is 1. The average Bonchev–Trinajstić information content (AvgIpc) is 2.90. The number of ether oxygens (including phenoxy) is 1. The predicted molar refractivity (Wildman–Crippen MR) is 134 cm³/mol. The molecule has 4 rings (SSSR count). The monoisotopic (exact) mass is 492 g/mol. The van der Waals surface area contributed by atoms with Crippen LogP contribution in [0.2, 0.25) is 0 Å². The molecule has 4 aromatic rings. The molecule has 0 radical (unpaired) electrons. The predicted octanol–water partition coefficient (Wildman–Crippen LogP) is 4.61. The van der Waals surface area contributed by atoms with Crippen LogP contribution in [-0.4, -0.2) is 52.5 Å². The van der Waals surface area contributed by atoms with Gasteiger partial charge < -0.3 is 15.4 Å². The number of benzene rings is 1. The first-order chi connectivity index (χ1) is 17.4. The summed E-state index contributed by atoms with van der Waals surface area (Å²) in [6.45, 7) is 3.61. The molecule has 3 aromatic heterocycles. The van der Waals surface area contributed by atoms with Gasteiger partial charge in [-0.05, 0) is 24.6 Å². The van der Waals surface area contributed by atoms with Crippen molar-refractivity contribution in [2.45, 2.75) is 26.2 Å². The summed E-state index contributed by atoms with van der Waals surface area (Å²) in [4.78, 5) is 29.6. The molecule has 8 nitrogen and oxygen atoms in total. The third-order valence-corrected chi connectivity index (χ3v) is 5.76. The van der Waals surface area contributed by atoms with Crippen molar-refractivity contribution in [2.24, 2.45) is 0 Å². The van der Waals surface area contributed by atoms with Gasteiger partial charge in [0.2, 0.25) is 0 Å². The minimum Gasteiger partial charge on any atom is -0.486 e. The van der Waals surface area contributed by atoms with Crippen molar-refractivity contribution < 1.29 is 18.3 Å². The molecule has 3 heterocycles. The molecule has 0 aliphatic rings. The van der Waals surface area contributed by atoms with E-state index in [0.717, 1.165) is 16.5 Å². The lowest BCUT2D eigenvalue weighted by molar-refractivity contribution is 0.0814. The number of carbonyl (C=O) groups excluding carboxylic acids is 1. The number of nitrogens with zero attached hydrogens (tertiary/aromatic N) is 4. The van der Waals surface area contributed by atoms with Gasteiger partial charge in [0.15, 0.2) is 0 Å². The lowest BCUT2D eigenvalue weighted by Crippen LogP contribution is -2.18. The van der Waals surface area contributed by atoms with Crippen LogP contribution in [0.1, 0.15) is 34.5 Å². The summed E-state index contributed by atoms with van der Waals surface area (Å²) in [7, 11) is 1.60. The summed E-state index contributed by atoms with van der Waals surface area (Å²) < 4.78 is 30.3. The molecule has 0 bridgehead atoms. The number of nitrogens with one attached hydrogen (secondary N) is 2. The second-order valence-corrected chi connectivity index (χ2v) is 8.26. The highest BCUT2D eigenvalue weighted by Crippen LogP contribution is 2.28. The second-order valence-electron chi connectivity index (χ2n) is 8.26. The Kier molecular flexibility index (Phi) is 7.62. The van der Waals surface area contributed by atoms with E-state index in [1.165, 1.54) is 6.33 Å². The first-order valence-electron chi connectivity index (χ1n) is 11.4. The lowest BCUT2D eigenvalue weighted by Gasteiger charge is -2.16.